The number of rotatable bonds is 3. The number of nitrogens with one attached hydrogen (secondary N) is 2. The first kappa shape index (κ1) is 24.0. The lowest BCUT2D eigenvalue weighted by Gasteiger charge is -2.30. The Morgan fingerprint density at radius 2 is 1.86 bits per heavy atom. The second kappa shape index (κ2) is 8.44. The predicted octanol–water partition coefficient (Wildman–Crippen LogP) is 4.46. The topological polar surface area (TPSA) is 126 Å². The lowest BCUT2D eigenvalue weighted by Crippen LogP contribution is -2.33. The molecule has 3 heterocycles. The zero-order chi connectivity index (χ0) is 25.9. The standard InChI is InChI=1S/C23H15Cl2F2N5O4/c1-23(2)8-35-7-14-16(23)10-5-15(17(26)18(27)19(10)29-14)36-20-11(24)3-9(4-12(20)25)32-22(34)30-21(33)13(6-28)31-32/h3-5,29H,7-8H2,1-2H3,(H,30,33,34). The molecule has 0 radical (unpaired) electrons. The van der Waals surface area contributed by atoms with Crippen LogP contribution in [-0.4, -0.2) is 26.4 Å². The highest BCUT2D eigenvalue weighted by atomic mass is 35.5. The van der Waals surface area contributed by atoms with E-state index in [1.807, 2.05) is 18.8 Å². The summed E-state index contributed by atoms with van der Waals surface area (Å²) in [5, 5.41) is 12.8. The number of hydrogen-bond donors (Lipinski definition) is 2. The van der Waals surface area contributed by atoms with Crippen molar-refractivity contribution < 1.29 is 18.3 Å². The Balaban J connectivity index is 1.61. The number of fused-ring (bicyclic) bond motifs is 3. The molecule has 1 aliphatic rings. The fraction of sp³-hybridized carbons (Fsp3) is 0.217. The zero-order valence-corrected chi connectivity index (χ0v) is 20.1. The molecule has 0 spiro atoms. The Labute approximate surface area is 210 Å². The number of halogens is 4. The Morgan fingerprint density at radius 1 is 1.17 bits per heavy atom. The molecule has 1 aliphatic heterocycles. The molecule has 0 amide bonds. The van der Waals surface area contributed by atoms with Gasteiger partial charge in [0.1, 0.15) is 6.07 Å². The zero-order valence-electron chi connectivity index (χ0n) is 18.6. The molecule has 0 saturated carbocycles. The van der Waals surface area contributed by atoms with Crippen molar-refractivity contribution in [3.63, 3.8) is 0 Å². The van der Waals surface area contributed by atoms with E-state index in [4.69, 9.17) is 37.9 Å². The average molecular weight is 534 g/mol. The molecule has 0 aliphatic carbocycles. The molecule has 2 aromatic carbocycles. The number of ether oxygens (including phenoxy) is 2. The van der Waals surface area contributed by atoms with Crippen molar-refractivity contribution in [1.82, 2.24) is 19.7 Å². The lowest BCUT2D eigenvalue weighted by molar-refractivity contribution is 0.0630. The third-order valence-electron chi connectivity index (χ3n) is 5.78. The Morgan fingerprint density at radius 3 is 2.53 bits per heavy atom. The summed E-state index contributed by atoms with van der Waals surface area (Å²) in [5.74, 6) is -3.05. The van der Waals surface area contributed by atoms with Crippen LogP contribution < -0.4 is 16.0 Å². The smallest absolute Gasteiger partial charge is 0.349 e. The SMILES string of the molecule is CC1(C)COCc2[nH]c3c(F)c(F)c(Oc4c(Cl)cc(-n5nc(C#N)c(=O)[nH]c5=O)cc4Cl)cc3c21. The summed E-state index contributed by atoms with van der Waals surface area (Å²) >= 11 is 12.6. The highest BCUT2D eigenvalue weighted by molar-refractivity contribution is 6.37. The Kier molecular flexibility index (Phi) is 5.63. The van der Waals surface area contributed by atoms with Crippen LogP contribution in [-0.2, 0) is 16.8 Å². The van der Waals surface area contributed by atoms with Gasteiger partial charge in [0, 0.05) is 16.5 Å². The van der Waals surface area contributed by atoms with Crippen LogP contribution in [0, 0.1) is 23.0 Å². The number of aromatic amines is 2. The summed E-state index contributed by atoms with van der Waals surface area (Å²) in [5.41, 5.74) is -1.50. The maximum Gasteiger partial charge on any atom is 0.349 e. The van der Waals surface area contributed by atoms with Gasteiger partial charge in [0.15, 0.2) is 17.3 Å². The molecule has 4 aromatic rings. The maximum absolute atomic E-state index is 15.0. The summed E-state index contributed by atoms with van der Waals surface area (Å²) in [6.07, 6.45) is 0. The highest BCUT2D eigenvalue weighted by Crippen LogP contribution is 2.44. The first-order valence-corrected chi connectivity index (χ1v) is 11.2. The van der Waals surface area contributed by atoms with Crippen molar-refractivity contribution in [2.45, 2.75) is 25.9 Å². The van der Waals surface area contributed by atoms with E-state index in [9.17, 15) is 14.0 Å². The summed E-state index contributed by atoms with van der Waals surface area (Å²) in [6, 6.07) is 5.35. The van der Waals surface area contributed by atoms with Crippen LogP contribution in [0.4, 0.5) is 8.78 Å². The van der Waals surface area contributed by atoms with E-state index >= 15 is 4.39 Å². The van der Waals surface area contributed by atoms with Crippen LogP contribution in [0.25, 0.3) is 16.6 Å². The van der Waals surface area contributed by atoms with Gasteiger partial charge in [0.05, 0.1) is 34.5 Å². The fourth-order valence-electron chi connectivity index (χ4n) is 4.26. The first-order valence-electron chi connectivity index (χ1n) is 10.4. The number of benzene rings is 2. The lowest BCUT2D eigenvalue weighted by atomic mass is 9.82. The Hall–Kier alpha value is -3.72. The van der Waals surface area contributed by atoms with E-state index in [-0.39, 0.29) is 33.6 Å². The second-order valence-corrected chi connectivity index (χ2v) is 9.57. The average Bonchev–Trinajstić information content (AvgIpc) is 3.19. The highest BCUT2D eigenvalue weighted by Gasteiger charge is 2.34. The molecule has 36 heavy (non-hydrogen) atoms. The van der Waals surface area contributed by atoms with Crippen molar-refractivity contribution >= 4 is 34.1 Å². The molecule has 0 saturated heterocycles. The summed E-state index contributed by atoms with van der Waals surface area (Å²) in [7, 11) is 0. The van der Waals surface area contributed by atoms with Gasteiger partial charge in [-0.15, -0.1) is 5.10 Å². The molecule has 13 heteroatoms. The van der Waals surface area contributed by atoms with E-state index < -0.39 is 39.7 Å². The fourth-order valence-corrected chi connectivity index (χ4v) is 4.81. The van der Waals surface area contributed by atoms with Gasteiger partial charge in [-0.1, -0.05) is 37.0 Å². The van der Waals surface area contributed by atoms with Crippen molar-refractivity contribution in [2.75, 3.05) is 6.61 Å². The predicted molar refractivity (Wildman–Crippen MR) is 126 cm³/mol. The minimum absolute atomic E-state index is 0.00124. The molecule has 0 fully saturated rings. The Bertz CT molecular complexity index is 1710. The van der Waals surface area contributed by atoms with Crippen LogP contribution in [0.2, 0.25) is 10.0 Å². The molecule has 0 bridgehead atoms. The normalized spacial score (nSPS) is 14.5. The van der Waals surface area contributed by atoms with Crippen molar-refractivity contribution in [1.29, 1.82) is 5.26 Å². The molecule has 0 unspecified atom stereocenters. The van der Waals surface area contributed by atoms with Crippen LogP contribution >= 0.6 is 23.2 Å². The minimum Gasteiger partial charge on any atom is -0.451 e. The van der Waals surface area contributed by atoms with Crippen molar-refractivity contribution in [2.24, 2.45) is 0 Å². The number of nitriles is 1. The quantitative estimate of drug-likeness (QED) is 0.400. The second-order valence-electron chi connectivity index (χ2n) is 8.75. The number of aromatic nitrogens is 4. The molecule has 9 nitrogen and oxygen atoms in total. The first-order chi connectivity index (χ1) is 17.0. The molecule has 5 rings (SSSR count). The molecular formula is C23H15Cl2F2N5O4. The van der Waals surface area contributed by atoms with Gasteiger partial charge >= 0.3 is 5.69 Å². The van der Waals surface area contributed by atoms with E-state index in [1.54, 1.807) is 6.07 Å². The van der Waals surface area contributed by atoms with Crippen LogP contribution in [0.1, 0.15) is 30.8 Å². The summed E-state index contributed by atoms with van der Waals surface area (Å²) < 4.78 is 41.9. The maximum atomic E-state index is 15.0. The van der Waals surface area contributed by atoms with E-state index in [1.165, 1.54) is 18.2 Å². The molecule has 2 N–H and O–H groups in total. The van der Waals surface area contributed by atoms with Gasteiger partial charge in [-0.3, -0.25) is 9.78 Å². The van der Waals surface area contributed by atoms with E-state index in [2.05, 4.69) is 10.1 Å². The van der Waals surface area contributed by atoms with Crippen LogP contribution in [0.15, 0.2) is 27.8 Å². The number of H-pyrrole nitrogens is 2. The van der Waals surface area contributed by atoms with Crippen LogP contribution in [0.3, 0.4) is 0 Å². The minimum atomic E-state index is -1.26. The monoisotopic (exact) mass is 533 g/mol. The number of hydrogen-bond acceptors (Lipinski definition) is 6. The van der Waals surface area contributed by atoms with Gasteiger partial charge < -0.3 is 14.5 Å². The summed E-state index contributed by atoms with van der Waals surface area (Å²) in [4.78, 5) is 28.6. The summed E-state index contributed by atoms with van der Waals surface area (Å²) in [6.45, 7) is 4.48. The van der Waals surface area contributed by atoms with Crippen molar-refractivity contribution in [3.8, 4) is 23.3 Å². The molecule has 184 valence electrons. The molecule has 2 aromatic heterocycles. The van der Waals surface area contributed by atoms with E-state index in [0.717, 1.165) is 5.56 Å². The van der Waals surface area contributed by atoms with E-state index in [0.29, 0.717) is 22.4 Å². The van der Waals surface area contributed by atoms with Gasteiger partial charge in [-0.25, -0.2) is 9.18 Å². The van der Waals surface area contributed by atoms with Crippen LogP contribution in [0.5, 0.6) is 11.5 Å². The molecule has 0 atom stereocenters. The van der Waals surface area contributed by atoms with Crippen molar-refractivity contribution in [3.05, 3.63) is 77.7 Å². The largest absolute Gasteiger partial charge is 0.451 e. The van der Waals surface area contributed by atoms with Gasteiger partial charge in [0.2, 0.25) is 11.5 Å². The third-order valence-corrected chi connectivity index (χ3v) is 6.34. The third kappa shape index (κ3) is 3.74. The van der Waals surface area contributed by atoms with Gasteiger partial charge in [-0.05, 0) is 23.8 Å². The van der Waals surface area contributed by atoms with Gasteiger partial charge in [-0.2, -0.15) is 14.3 Å². The molecular weight excluding hydrogens is 519 g/mol. The van der Waals surface area contributed by atoms with Gasteiger partial charge in [0.25, 0.3) is 5.56 Å². The number of nitrogens with zero attached hydrogens (tertiary/aromatic N) is 3.